The van der Waals surface area contributed by atoms with Gasteiger partial charge in [0.05, 0.1) is 25.0 Å². The molecule has 1 atom stereocenters. The Kier molecular flexibility index (Phi) is 6.89. The van der Waals surface area contributed by atoms with Gasteiger partial charge in [-0.05, 0) is 18.6 Å². The van der Waals surface area contributed by atoms with E-state index in [0.717, 1.165) is 17.0 Å². The van der Waals surface area contributed by atoms with Crippen molar-refractivity contribution < 1.29 is 14.0 Å². The minimum absolute atomic E-state index is 0.0276. The van der Waals surface area contributed by atoms with Crippen molar-refractivity contribution in [2.75, 3.05) is 7.05 Å². The van der Waals surface area contributed by atoms with Gasteiger partial charge in [-0.25, -0.2) is 9.07 Å². The fourth-order valence-corrected chi connectivity index (χ4v) is 3.16. The van der Waals surface area contributed by atoms with E-state index in [4.69, 9.17) is 0 Å². The molecule has 10 nitrogen and oxygen atoms in total. The molecule has 3 aromatic heterocycles. The largest absolute Gasteiger partial charge is 0.354 e. The molecule has 3 heterocycles. The van der Waals surface area contributed by atoms with Crippen molar-refractivity contribution in [3.05, 3.63) is 52.0 Å². The zero-order valence-electron chi connectivity index (χ0n) is 15.6. The van der Waals surface area contributed by atoms with Crippen LogP contribution in [0.5, 0.6) is 0 Å². The fourth-order valence-electron chi connectivity index (χ4n) is 2.39. The average molecular weight is 418 g/mol. The molecule has 0 radical (unpaired) electrons. The van der Waals surface area contributed by atoms with Gasteiger partial charge in [-0.15, -0.1) is 15.3 Å². The zero-order chi connectivity index (χ0) is 20.6. The van der Waals surface area contributed by atoms with Crippen LogP contribution in [0.25, 0.3) is 0 Å². The number of halogens is 1. The number of aryl methyl sites for hydroxylation is 1. The molecule has 0 aliphatic rings. The molecule has 1 unspecified atom stereocenters. The van der Waals surface area contributed by atoms with Gasteiger partial charge < -0.3 is 10.6 Å². The molecule has 29 heavy (non-hydrogen) atoms. The minimum atomic E-state index is -1.21. The summed E-state index contributed by atoms with van der Waals surface area (Å²) >= 11 is 1.13. The van der Waals surface area contributed by atoms with Gasteiger partial charge in [0.25, 0.3) is 11.8 Å². The molecule has 0 spiro atoms. The Hall–Kier alpha value is -3.28. The lowest BCUT2D eigenvalue weighted by Gasteiger charge is -2.05. The average Bonchev–Trinajstić information content (AvgIpc) is 3.40. The second-order valence-corrected chi connectivity index (χ2v) is 7.11. The quantitative estimate of drug-likeness (QED) is 0.526. The van der Waals surface area contributed by atoms with Gasteiger partial charge >= 0.3 is 0 Å². The number of nitrogens with zero attached hydrogens (tertiary/aromatic N) is 6. The summed E-state index contributed by atoms with van der Waals surface area (Å²) in [4.78, 5) is 27.7. The van der Waals surface area contributed by atoms with Crippen LogP contribution in [-0.4, -0.2) is 55.2 Å². The molecule has 3 aromatic rings. The van der Waals surface area contributed by atoms with Crippen LogP contribution in [0.3, 0.4) is 0 Å². The number of pyridine rings is 1. The predicted octanol–water partition coefficient (Wildman–Crippen LogP) is 0.785. The minimum Gasteiger partial charge on any atom is -0.354 e. The maximum Gasteiger partial charge on any atom is 0.282 e. The highest BCUT2D eigenvalue weighted by atomic mass is 32.1. The van der Waals surface area contributed by atoms with Crippen molar-refractivity contribution in [3.8, 4) is 0 Å². The first kappa shape index (κ1) is 20.5. The van der Waals surface area contributed by atoms with E-state index in [0.29, 0.717) is 11.4 Å². The number of carbonyl (C=O) groups is 2. The highest BCUT2D eigenvalue weighted by molar-refractivity contribution is 7.13. The van der Waals surface area contributed by atoms with Crippen LogP contribution in [-0.2, 0) is 19.5 Å². The standard InChI is InChI=1S/C17H19FN8O2S/c1-19-15(27)13-10-26(25-22-13)9-11(18)5-6-14-23-24-17(29-14)16(28)21-8-12-4-2-3-7-20-12/h2-4,7,10-11H,5-6,8-9H2,1H3,(H,19,27)(H,21,28). The zero-order valence-corrected chi connectivity index (χ0v) is 16.4. The Balaban J connectivity index is 1.45. The van der Waals surface area contributed by atoms with E-state index >= 15 is 0 Å². The van der Waals surface area contributed by atoms with Gasteiger partial charge in [0, 0.05) is 19.7 Å². The second kappa shape index (κ2) is 9.78. The van der Waals surface area contributed by atoms with E-state index in [1.54, 1.807) is 18.3 Å². The first-order valence-electron chi connectivity index (χ1n) is 8.82. The van der Waals surface area contributed by atoms with Crippen LogP contribution < -0.4 is 10.6 Å². The van der Waals surface area contributed by atoms with E-state index < -0.39 is 6.17 Å². The summed E-state index contributed by atoms with van der Waals surface area (Å²) in [5.74, 6) is -0.727. The predicted molar refractivity (Wildman–Crippen MR) is 102 cm³/mol. The maximum atomic E-state index is 14.2. The number of alkyl halides is 1. The van der Waals surface area contributed by atoms with Crippen molar-refractivity contribution in [1.29, 1.82) is 0 Å². The smallest absolute Gasteiger partial charge is 0.282 e. The van der Waals surface area contributed by atoms with Crippen molar-refractivity contribution in [3.63, 3.8) is 0 Å². The highest BCUT2D eigenvalue weighted by Crippen LogP contribution is 2.14. The Morgan fingerprint density at radius 2 is 2.10 bits per heavy atom. The molecule has 2 N–H and O–H groups in total. The SMILES string of the molecule is CNC(=O)c1cn(CC(F)CCc2nnc(C(=O)NCc3ccccn3)s2)nn1. The third kappa shape index (κ3) is 5.85. The Labute approximate surface area is 169 Å². The summed E-state index contributed by atoms with van der Waals surface area (Å²) in [5.41, 5.74) is 0.865. The van der Waals surface area contributed by atoms with Crippen molar-refractivity contribution in [2.24, 2.45) is 0 Å². The maximum absolute atomic E-state index is 14.2. The topological polar surface area (TPSA) is 128 Å². The molecule has 2 amide bonds. The molecular formula is C17H19FN8O2S. The molecule has 0 bridgehead atoms. The molecule has 0 saturated carbocycles. The summed E-state index contributed by atoms with van der Waals surface area (Å²) in [6.45, 7) is 0.261. The van der Waals surface area contributed by atoms with Gasteiger partial charge in [-0.3, -0.25) is 14.6 Å². The van der Waals surface area contributed by atoms with Crippen LogP contribution in [0, 0.1) is 0 Å². The Morgan fingerprint density at radius 1 is 1.24 bits per heavy atom. The summed E-state index contributed by atoms with van der Waals surface area (Å²) in [6, 6.07) is 5.44. The third-order valence-electron chi connectivity index (χ3n) is 3.87. The van der Waals surface area contributed by atoms with Crippen molar-refractivity contribution in [1.82, 2.24) is 40.8 Å². The van der Waals surface area contributed by atoms with Crippen molar-refractivity contribution >= 4 is 23.2 Å². The molecule has 12 heteroatoms. The molecule has 3 rings (SSSR count). The number of hydrogen-bond acceptors (Lipinski definition) is 8. The number of rotatable bonds is 9. The highest BCUT2D eigenvalue weighted by Gasteiger charge is 2.16. The van der Waals surface area contributed by atoms with Gasteiger partial charge in [0.2, 0.25) is 5.01 Å². The molecule has 0 aliphatic heterocycles. The van der Waals surface area contributed by atoms with E-state index in [2.05, 4.69) is 36.1 Å². The lowest BCUT2D eigenvalue weighted by Crippen LogP contribution is -2.23. The molecule has 0 saturated heterocycles. The van der Waals surface area contributed by atoms with Crippen LogP contribution in [0.2, 0.25) is 0 Å². The Bertz CT molecular complexity index is 961. The fraction of sp³-hybridized carbons (Fsp3) is 0.353. The lowest BCUT2D eigenvalue weighted by molar-refractivity contribution is 0.0944. The van der Waals surface area contributed by atoms with Crippen LogP contribution in [0.4, 0.5) is 4.39 Å². The third-order valence-corrected chi connectivity index (χ3v) is 4.85. The van der Waals surface area contributed by atoms with Crippen LogP contribution in [0.1, 0.15) is 37.4 Å². The Morgan fingerprint density at radius 3 is 2.86 bits per heavy atom. The molecule has 152 valence electrons. The summed E-state index contributed by atoms with van der Waals surface area (Å²) in [7, 11) is 1.48. The van der Waals surface area contributed by atoms with Gasteiger partial charge in [0.1, 0.15) is 11.2 Å². The van der Waals surface area contributed by atoms with E-state index in [1.165, 1.54) is 17.9 Å². The number of aromatic nitrogens is 6. The first-order valence-corrected chi connectivity index (χ1v) is 9.63. The number of nitrogens with one attached hydrogen (secondary N) is 2. The molecule has 0 aliphatic carbocycles. The van der Waals surface area contributed by atoms with Gasteiger partial charge in [0.15, 0.2) is 5.69 Å². The molecular weight excluding hydrogens is 399 g/mol. The van der Waals surface area contributed by atoms with E-state index in [1.807, 2.05) is 6.07 Å². The summed E-state index contributed by atoms with van der Waals surface area (Å²) < 4.78 is 15.5. The van der Waals surface area contributed by atoms with Gasteiger partial charge in [-0.1, -0.05) is 22.6 Å². The van der Waals surface area contributed by atoms with E-state index in [9.17, 15) is 14.0 Å². The monoisotopic (exact) mass is 418 g/mol. The van der Waals surface area contributed by atoms with E-state index in [-0.39, 0.29) is 42.0 Å². The lowest BCUT2D eigenvalue weighted by atomic mass is 10.2. The molecule has 0 aromatic carbocycles. The first-order chi connectivity index (χ1) is 14.0. The van der Waals surface area contributed by atoms with Crippen molar-refractivity contribution in [2.45, 2.75) is 32.1 Å². The van der Waals surface area contributed by atoms with Crippen LogP contribution >= 0.6 is 11.3 Å². The summed E-state index contributed by atoms with van der Waals surface area (Å²) in [5, 5.41) is 21.2. The number of hydrogen-bond donors (Lipinski definition) is 2. The number of amides is 2. The van der Waals surface area contributed by atoms with Gasteiger partial charge in [-0.2, -0.15) is 0 Å². The normalized spacial score (nSPS) is 11.8. The second-order valence-electron chi connectivity index (χ2n) is 6.05. The number of carbonyl (C=O) groups excluding carboxylic acids is 2. The van der Waals surface area contributed by atoms with Crippen LogP contribution in [0.15, 0.2) is 30.6 Å². The molecule has 0 fully saturated rings. The summed E-state index contributed by atoms with van der Waals surface area (Å²) in [6.07, 6.45) is 2.35.